The van der Waals surface area contributed by atoms with Crippen LogP contribution in [0.5, 0.6) is 0 Å². The standard InChI is InChI=1S/C15H17F2NO2/c16-10-4-5-12(17)11(9-10)15(6-7-15)18-14(19)13-3-1-2-8-20-13/h4-5,9,13H,1-3,6-8H2,(H,18,19)/t13-/m0/s1. The summed E-state index contributed by atoms with van der Waals surface area (Å²) in [6.45, 7) is 0.583. The summed E-state index contributed by atoms with van der Waals surface area (Å²) in [6.07, 6.45) is 3.41. The van der Waals surface area contributed by atoms with Crippen molar-refractivity contribution >= 4 is 5.91 Å². The van der Waals surface area contributed by atoms with Gasteiger partial charge in [0, 0.05) is 12.2 Å². The zero-order valence-electron chi connectivity index (χ0n) is 11.1. The Kier molecular flexibility index (Phi) is 3.46. The first-order valence-electron chi connectivity index (χ1n) is 7.00. The number of carbonyl (C=O) groups excluding carboxylic acids is 1. The Labute approximate surface area is 116 Å². The molecule has 1 heterocycles. The first-order chi connectivity index (χ1) is 9.61. The first-order valence-corrected chi connectivity index (χ1v) is 7.00. The molecular weight excluding hydrogens is 264 g/mol. The molecule has 1 N–H and O–H groups in total. The number of hydrogen-bond acceptors (Lipinski definition) is 2. The van der Waals surface area contributed by atoms with E-state index in [1.165, 1.54) is 6.07 Å². The van der Waals surface area contributed by atoms with Gasteiger partial charge in [0.25, 0.3) is 0 Å². The topological polar surface area (TPSA) is 38.3 Å². The Morgan fingerprint density at radius 1 is 1.30 bits per heavy atom. The van der Waals surface area contributed by atoms with Crippen molar-refractivity contribution in [3.63, 3.8) is 0 Å². The van der Waals surface area contributed by atoms with Crippen molar-refractivity contribution in [1.29, 1.82) is 0 Å². The van der Waals surface area contributed by atoms with Crippen LogP contribution in [0.1, 0.15) is 37.7 Å². The monoisotopic (exact) mass is 281 g/mol. The van der Waals surface area contributed by atoms with Crippen molar-refractivity contribution in [2.45, 2.75) is 43.7 Å². The lowest BCUT2D eigenvalue weighted by Gasteiger charge is -2.25. The molecule has 0 spiro atoms. The van der Waals surface area contributed by atoms with Gasteiger partial charge in [0.15, 0.2) is 0 Å². The van der Waals surface area contributed by atoms with Crippen LogP contribution in [0.25, 0.3) is 0 Å². The maximum Gasteiger partial charge on any atom is 0.249 e. The number of rotatable bonds is 3. The molecule has 1 aliphatic carbocycles. The highest BCUT2D eigenvalue weighted by Gasteiger charge is 2.48. The number of ether oxygens (including phenoxy) is 1. The molecule has 2 fully saturated rings. The second-order valence-corrected chi connectivity index (χ2v) is 5.55. The van der Waals surface area contributed by atoms with Crippen LogP contribution in [0.3, 0.4) is 0 Å². The number of hydrogen-bond donors (Lipinski definition) is 1. The van der Waals surface area contributed by atoms with E-state index >= 15 is 0 Å². The smallest absolute Gasteiger partial charge is 0.249 e. The fourth-order valence-electron chi connectivity index (χ4n) is 2.71. The molecular formula is C15H17F2NO2. The quantitative estimate of drug-likeness (QED) is 0.925. The van der Waals surface area contributed by atoms with Crippen LogP contribution in [0.4, 0.5) is 8.78 Å². The lowest BCUT2D eigenvalue weighted by atomic mass is 10.0. The first kappa shape index (κ1) is 13.5. The van der Waals surface area contributed by atoms with E-state index in [4.69, 9.17) is 4.74 Å². The van der Waals surface area contributed by atoms with Crippen LogP contribution in [0.15, 0.2) is 18.2 Å². The molecule has 20 heavy (non-hydrogen) atoms. The van der Waals surface area contributed by atoms with E-state index in [-0.39, 0.29) is 11.5 Å². The molecule has 2 aliphatic rings. The maximum absolute atomic E-state index is 13.8. The van der Waals surface area contributed by atoms with Crippen LogP contribution in [-0.2, 0) is 15.1 Å². The molecule has 1 atom stereocenters. The van der Waals surface area contributed by atoms with Gasteiger partial charge in [-0.25, -0.2) is 8.78 Å². The summed E-state index contributed by atoms with van der Waals surface area (Å²) in [7, 11) is 0. The summed E-state index contributed by atoms with van der Waals surface area (Å²) in [5.41, 5.74) is -0.508. The van der Waals surface area contributed by atoms with Crippen molar-refractivity contribution in [2.24, 2.45) is 0 Å². The van der Waals surface area contributed by atoms with E-state index in [1.807, 2.05) is 0 Å². The summed E-state index contributed by atoms with van der Waals surface area (Å²) >= 11 is 0. The molecule has 108 valence electrons. The average molecular weight is 281 g/mol. The highest BCUT2D eigenvalue weighted by molar-refractivity contribution is 5.82. The van der Waals surface area contributed by atoms with Gasteiger partial charge >= 0.3 is 0 Å². The van der Waals surface area contributed by atoms with E-state index in [9.17, 15) is 13.6 Å². The van der Waals surface area contributed by atoms with Crippen LogP contribution >= 0.6 is 0 Å². The minimum atomic E-state index is -0.746. The molecule has 1 saturated carbocycles. The summed E-state index contributed by atoms with van der Waals surface area (Å²) in [5.74, 6) is -1.18. The second-order valence-electron chi connectivity index (χ2n) is 5.55. The molecule has 1 aliphatic heterocycles. The SMILES string of the molecule is O=C(NC1(c2cc(F)ccc2F)CC1)[C@@H]1CCCCO1. The number of benzene rings is 1. The van der Waals surface area contributed by atoms with Crippen LogP contribution in [0.2, 0.25) is 0 Å². The predicted octanol–water partition coefficient (Wildman–Crippen LogP) is 2.64. The summed E-state index contributed by atoms with van der Waals surface area (Å²) in [5, 5.41) is 2.85. The molecule has 0 bridgehead atoms. The van der Waals surface area contributed by atoms with E-state index in [1.54, 1.807) is 0 Å². The fourth-order valence-corrected chi connectivity index (χ4v) is 2.71. The lowest BCUT2D eigenvalue weighted by molar-refractivity contribution is -0.136. The normalized spacial score (nSPS) is 24.2. The molecule has 1 amide bonds. The van der Waals surface area contributed by atoms with Crippen LogP contribution < -0.4 is 5.32 Å². The van der Waals surface area contributed by atoms with Crippen molar-refractivity contribution < 1.29 is 18.3 Å². The van der Waals surface area contributed by atoms with Gasteiger partial charge in [0.1, 0.15) is 17.7 Å². The molecule has 3 nitrogen and oxygen atoms in total. The molecule has 0 radical (unpaired) electrons. The number of nitrogens with one attached hydrogen (secondary N) is 1. The molecule has 0 aromatic heterocycles. The summed E-state index contributed by atoms with van der Waals surface area (Å²) in [4.78, 5) is 12.2. The van der Waals surface area contributed by atoms with Gasteiger partial charge in [-0.2, -0.15) is 0 Å². The Morgan fingerprint density at radius 2 is 2.10 bits per heavy atom. The zero-order chi connectivity index (χ0) is 14.2. The highest BCUT2D eigenvalue weighted by atomic mass is 19.1. The Balaban J connectivity index is 1.75. The van der Waals surface area contributed by atoms with Gasteiger partial charge in [-0.15, -0.1) is 0 Å². The minimum absolute atomic E-state index is 0.217. The minimum Gasteiger partial charge on any atom is -0.368 e. The Morgan fingerprint density at radius 3 is 2.75 bits per heavy atom. The molecule has 1 aromatic rings. The Hall–Kier alpha value is -1.49. The van der Waals surface area contributed by atoms with Gasteiger partial charge in [-0.1, -0.05) is 0 Å². The van der Waals surface area contributed by atoms with E-state index < -0.39 is 23.3 Å². The highest BCUT2D eigenvalue weighted by Crippen LogP contribution is 2.46. The molecule has 3 rings (SSSR count). The van der Waals surface area contributed by atoms with Crippen LogP contribution in [-0.4, -0.2) is 18.6 Å². The van der Waals surface area contributed by atoms with Gasteiger partial charge in [0.05, 0.1) is 5.54 Å². The van der Waals surface area contributed by atoms with E-state index in [0.717, 1.165) is 25.0 Å². The molecule has 5 heteroatoms. The van der Waals surface area contributed by atoms with Gasteiger partial charge in [-0.3, -0.25) is 4.79 Å². The van der Waals surface area contributed by atoms with E-state index in [2.05, 4.69) is 5.32 Å². The maximum atomic E-state index is 13.8. The molecule has 1 saturated heterocycles. The van der Waals surface area contributed by atoms with Crippen molar-refractivity contribution in [1.82, 2.24) is 5.32 Å². The van der Waals surface area contributed by atoms with Crippen molar-refractivity contribution in [2.75, 3.05) is 6.61 Å². The van der Waals surface area contributed by atoms with Gasteiger partial charge in [0.2, 0.25) is 5.91 Å². The number of carbonyl (C=O) groups is 1. The second kappa shape index (κ2) is 5.13. The van der Waals surface area contributed by atoms with Crippen molar-refractivity contribution in [3.05, 3.63) is 35.4 Å². The van der Waals surface area contributed by atoms with Crippen molar-refractivity contribution in [3.8, 4) is 0 Å². The summed E-state index contributed by atoms with van der Waals surface area (Å²) < 4.78 is 32.6. The third kappa shape index (κ3) is 2.54. The zero-order valence-corrected chi connectivity index (χ0v) is 11.1. The molecule has 0 unspecified atom stereocenters. The van der Waals surface area contributed by atoms with E-state index in [0.29, 0.717) is 25.9 Å². The lowest BCUT2D eigenvalue weighted by Crippen LogP contribution is -2.44. The average Bonchev–Trinajstić information content (AvgIpc) is 3.23. The van der Waals surface area contributed by atoms with Gasteiger partial charge in [-0.05, 0) is 50.3 Å². The third-order valence-electron chi connectivity index (χ3n) is 4.03. The Bertz CT molecular complexity index is 523. The van der Waals surface area contributed by atoms with Crippen LogP contribution in [0, 0.1) is 11.6 Å². The number of halogens is 2. The largest absolute Gasteiger partial charge is 0.368 e. The summed E-state index contributed by atoms with van der Waals surface area (Å²) in [6, 6.07) is 3.36. The van der Waals surface area contributed by atoms with Gasteiger partial charge < -0.3 is 10.1 Å². The fraction of sp³-hybridized carbons (Fsp3) is 0.533. The predicted molar refractivity (Wildman–Crippen MR) is 69.0 cm³/mol. The number of amides is 1. The molecule has 1 aromatic carbocycles. The third-order valence-corrected chi connectivity index (χ3v) is 4.03.